The highest BCUT2D eigenvalue weighted by molar-refractivity contribution is 5.80. The number of fused-ring (bicyclic) bond motifs is 1. The number of carbonyl (C=O) groups is 1. The SMILES string of the molecule is O=C(CCC1CCCNC1)Cc1ccc2c(c1)CCC2. The number of ketones is 1. The van der Waals surface area contributed by atoms with Crippen LogP contribution in [0.15, 0.2) is 18.2 Å². The smallest absolute Gasteiger partial charge is 0.137 e. The maximum Gasteiger partial charge on any atom is 0.137 e. The lowest BCUT2D eigenvalue weighted by molar-refractivity contribution is -0.118. The molecule has 1 unspecified atom stereocenters. The van der Waals surface area contributed by atoms with E-state index in [0.717, 1.165) is 25.9 Å². The van der Waals surface area contributed by atoms with E-state index in [2.05, 4.69) is 23.5 Å². The lowest BCUT2D eigenvalue weighted by Crippen LogP contribution is -2.30. The molecule has 2 aliphatic rings. The van der Waals surface area contributed by atoms with Crippen LogP contribution in [0.25, 0.3) is 0 Å². The summed E-state index contributed by atoms with van der Waals surface area (Å²) >= 11 is 0. The van der Waals surface area contributed by atoms with Gasteiger partial charge in [0.1, 0.15) is 5.78 Å². The molecule has 108 valence electrons. The van der Waals surface area contributed by atoms with Gasteiger partial charge in [-0.1, -0.05) is 18.2 Å². The minimum absolute atomic E-state index is 0.411. The summed E-state index contributed by atoms with van der Waals surface area (Å²) in [4.78, 5) is 12.1. The minimum atomic E-state index is 0.411. The molecule has 2 nitrogen and oxygen atoms in total. The first-order valence-corrected chi connectivity index (χ1v) is 8.14. The van der Waals surface area contributed by atoms with Crippen molar-refractivity contribution in [3.05, 3.63) is 34.9 Å². The van der Waals surface area contributed by atoms with Crippen LogP contribution in [0.4, 0.5) is 0 Å². The van der Waals surface area contributed by atoms with E-state index in [-0.39, 0.29) is 0 Å². The van der Waals surface area contributed by atoms with Crippen molar-refractivity contribution in [2.45, 2.75) is 51.4 Å². The molecular weight excluding hydrogens is 246 g/mol. The van der Waals surface area contributed by atoms with Crippen LogP contribution in [0.3, 0.4) is 0 Å². The summed E-state index contributed by atoms with van der Waals surface area (Å²) < 4.78 is 0. The van der Waals surface area contributed by atoms with Crippen molar-refractivity contribution in [1.29, 1.82) is 0 Å². The van der Waals surface area contributed by atoms with Crippen molar-refractivity contribution in [2.24, 2.45) is 5.92 Å². The Hall–Kier alpha value is -1.15. The molecule has 2 heteroatoms. The summed E-state index contributed by atoms with van der Waals surface area (Å²) in [5.74, 6) is 1.13. The summed E-state index contributed by atoms with van der Waals surface area (Å²) in [5, 5.41) is 3.43. The fourth-order valence-corrected chi connectivity index (χ4v) is 3.59. The third kappa shape index (κ3) is 3.49. The maximum atomic E-state index is 12.1. The number of rotatable bonds is 5. The van der Waals surface area contributed by atoms with Gasteiger partial charge in [0, 0.05) is 12.8 Å². The molecular formula is C18H25NO. The second-order valence-corrected chi connectivity index (χ2v) is 6.42. The van der Waals surface area contributed by atoms with Crippen molar-refractivity contribution in [3.63, 3.8) is 0 Å². The number of aryl methyl sites for hydroxylation is 2. The quantitative estimate of drug-likeness (QED) is 0.891. The summed E-state index contributed by atoms with van der Waals surface area (Å²) in [5.41, 5.74) is 4.19. The molecule has 0 saturated carbocycles. The van der Waals surface area contributed by atoms with Crippen LogP contribution in [0.2, 0.25) is 0 Å². The number of benzene rings is 1. The van der Waals surface area contributed by atoms with Crippen molar-refractivity contribution >= 4 is 5.78 Å². The summed E-state index contributed by atoms with van der Waals surface area (Å²) in [6.45, 7) is 2.26. The van der Waals surface area contributed by atoms with Gasteiger partial charge >= 0.3 is 0 Å². The van der Waals surface area contributed by atoms with E-state index in [0.29, 0.717) is 18.1 Å². The first-order valence-electron chi connectivity index (χ1n) is 8.14. The second kappa shape index (κ2) is 6.53. The molecule has 0 spiro atoms. The predicted octanol–water partition coefficient (Wildman–Crippen LogP) is 3.07. The normalized spacial score (nSPS) is 21.7. The molecule has 1 aromatic carbocycles. The van der Waals surface area contributed by atoms with Gasteiger partial charge in [0.2, 0.25) is 0 Å². The van der Waals surface area contributed by atoms with Crippen LogP contribution in [-0.2, 0) is 24.1 Å². The van der Waals surface area contributed by atoms with Crippen LogP contribution in [0.1, 0.15) is 48.8 Å². The fourth-order valence-electron chi connectivity index (χ4n) is 3.59. The zero-order chi connectivity index (χ0) is 13.8. The molecule has 1 N–H and O–H groups in total. The highest BCUT2D eigenvalue weighted by Gasteiger charge is 2.15. The Kier molecular flexibility index (Phi) is 4.51. The standard InChI is InChI=1S/C18H25NO/c20-18(9-7-14-3-2-10-19-13-14)12-15-6-8-16-4-1-5-17(16)11-15/h6,8,11,14,19H,1-5,7,9-10,12-13H2. The Morgan fingerprint density at radius 2 is 2.10 bits per heavy atom. The Morgan fingerprint density at radius 1 is 1.20 bits per heavy atom. The maximum absolute atomic E-state index is 12.1. The van der Waals surface area contributed by atoms with Gasteiger partial charge < -0.3 is 5.32 Å². The van der Waals surface area contributed by atoms with E-state index in [4.69, 9.17) is 0 Å². The van der Waals surface area contributed by atoms with Crippen LogP contribution < -0.4 is 5.32 Å². The third-order valence-corrected chi connectivity index (χ3v) is 4.79. The van der Waals surface area contributed by atoms with E-state index in [1.54, 1.807) is 0 Å². The number of Topliss-reactive ketones (excluding diaryl/α,β-unsaturated/α-hetero) is 1. The molecule has 20 heavy (non-hydrogen) atoms. The molecule has 1 fully saturated rings. The molecule has 1 saturated heterocycles. The van der Waals surface area contributed by atoms with E-state index in [1.807, 2.05) is 0 Å². The zero-order valence-electron chi connectivity index (χ0n) is 12.3. The van der Waals surface area contributed by atoms with Gasteiger partial charge in [-0.05, 0) is 74.2 Å². The monoisotopic (exact) mass is 271 g/mol. The number of carbonyl (C=O) groups excluding carboxylic acids is 1. The van der Waals surface area contributed by atoms with Gasteiger partial charge in [-0.3, -0.25) is 4.79 Å². The Balaban J connectivity index is 1.48. The van der Waals surface area contributed by atoms with Crippen LogP contribution >= 0.6 is 0 Å². The number of nitrogens with one attached hydrogen (secondary N) is 1. The van der Waals surface area contributed by atoms with E-state index in [9.17, 15) is 4.79 Å². The molecule has 1 atom stereocenters. The first kappa shape index (κ1) is 13.8. The fraction of sp³-hybridized carbons (Fsp3) is 0.611. The largest absolute Gasteiger partial charge is 0.316 e. The van der Waals surface area contributed by atoms with E-state index in [1.165, 1.54) is 48.8 Å². The second-order valence-electron chi connectivity index (χ2n) is 6.42. The summed E-state index contributed by atoms with van der Waals surface area (Å²) in [7, 11) is 0. The van der Waals surface area contributed by atoms with Crippen molar-refractivity contribution in [2.75, 3.05) is 13.1 Å². The average molecular weight is 271 g/mol. The molecule has 3 rings (SSSR count). The third-order valence-electron chi connectivity index (χ3n) is 4.79. The van der Waals surface area contributed by atoms with Gasteiger partial charge in [-0.25, -0.2) is 0 Å². The lowest BCUT2D eigenvalue weighted by Gasteiger charge is -2.22. The Morgan fingerprint density at radius 3 is 2.95 bits per heavy atom. The van der Waals surface area contributed by atoms with Gasteiger partial charge in [-0.15, -0.1) is 0 Å². The molecule has 1 heterocycles. The number of piperidine rings is 1. The number of hydrogen-bond acceptors (Lipinski definition) is 2. The highest BCUT2D eigenvalue weighted by Crippen LogP contribution is 2.23. The molecule has 0 radical (unpaired) electrons. The molecule has 0 amide bonds. The lowest BCUT2D eigenvalue weighted by atomic mass is 9.92. The molecule has 1 aliphatic carbocycles. The summed E-state index contributed by atoms with van der Waals surface area (Å²) in [6.07, 6.45) is 8.71. The number of hydrogen-bond donors (Lipinski definition) is 1. The van der Waals surface area contributed by atoms with Crippen LogP contribution in [-0.4, -0.2) is 18.9 Å². The molecule has 1 aliphatic heterocycles. The summed E-state index contributed by atoms with van der Waals surface area (Å²) in [6, 6.07) is 6.66. The van der Waals surface area contributed by atoms with Crippen LogP contribution in [0, 0.1) is 5.92 Å². The zero-order valence-corrected chi connectivity index (χ0v) is 12.3. The van der Waals surface area contributed by atoms with Gasteiger partial charge in [-0.2, -0.15) is 0 Å². The average Bonchev–Trinajstić information content (AvgIpc) is 2.94. The Labute approximate surface area is 122 Å². The van der Waals surface area contributed by atoms with Crippen molar-refractivity contribution in [3.8, 4) is 0 Å². The predicted molar refractivity (Wildman–Crippen MR) is 82.0 cm³/mol. The van der Waals surface area contributed by atoms with Crippen molar-refractivity contribution < 1.29 is 4.79 Å². The topological polar surface area (TPSA) is 29.1 Å². The van der Waals surface area contributed by atoms with E-state index < -0.39 is 0 Å². The minimum Gasteiger partial charge on any atom is -0.316 e. The van der Waals surface area contributed by atoms with E-state index >= 15 is 0 Å². The van der Waals surface area contributed by atoms with Crippen molar-refractivity contribution in [1.82, 2.24) is 5.32 Å². The highest BCUT2D eigenvalue weighted by atomic mass is 16.1. The molecule has 1 aromatic rings. The van der Waals surface area contributed by atoms with Gasteiger partial charge in [0.25, 0.3) is 0 Å². The Bertz CT molecular complexity index is 474. The van der Waals surface area contributed by atoms with Crippen LogP contribution in [0.5, 0.6) is 0 Å². The first-order chi connectivity index (χ1) is 9.81. The van der Waals surface area contributed by atoms with Gasteiger partial charge in [0.05, 0.1) is 0 Å². The molecule has 0 aromatic heterocycles. The van der Waals surface area contributed by atoms with Gasteiger partial charge in [0.15, 0.2) is 0 Å². The molecule has 0 bridgehead atoms.